The molecule has 0 bridgehead atoms. The summed E-state index contributed by atoms with van der Waals surface area (Å²) < 4.78 is 0. The third kappa shape index (κ3) is 13.7. The van der Waals surface area contributed by atoms with Gasteiger partial charge in [0.05, 0.1) is 0 Å². The molecule has 0 radical (unpaired) electrons. The van der Waals surface area contributed by atoms with E-state index in [1.165, 1.54) is 19.1 Å². The van der Waals surface area contributed by atoms with Gasteiger partial charge < -0.3 is 10.7 Å². The van der Waals surface area contributed by atoms with Crippen molar-refractivity contribution in [3.63, 3.8) is 0 Å². The summed E-state index contributed by atoms with van der Waals surface area (Å²) in [5.41, 5.74) is 1.55. The maximum atomic E-state index is 6.41. The van der Waals surface area contributed by atoms with E-state index in [4.69, 9.17) is 5.41 Å². The van der Waals surface area contributed by atoms with Gasteiger partial charge in [0, 0.05) is 0 Å². The summed E-state index contributed by atoms with van der Waals surface area (Å²) in [5.74, 6) is 0. The van der Waals surface area contributed by atoms with E-state index >= 15 is 0 Å². The molecular formula is C12H24N2. The molecule has 0 saturated heterocycles. The molecule has 2 heteroatoms. The highest BCUT2D eigenvalue weighted by atomic mass is 14.8. The molecule has 0 saturated carbocycles. The molecule has 0 fully saturated rings. The van der Waals surface area contributed by atoms with Crippen LogP contribution in [0.3, 0.4) is 0 Å². The summed E-state index contributed by atoms with van der Waals surface area (Å²) >= 11 is 0. The zero-order chi connectivity index (χ0) is 11.2. The van der Waals surface area contributed by atoms with E-state index in [1.807, 2.05) is 7.05 Å². The van der Waals surface area contributed by atoms with Gasteiger partial charge in [-0.2, -0.15) is 0 Å². The van der Waals surface area contributed by atoms with Crippen LogP contribution in [0, 0.1) is 5.41 Å². The minimum Gasteiger partial charge on any atom is -0.319 e. The first-order valence-electron chi connectivity index (χ1n) is 5.15. The normalized spacial score (nSPS) is 10.1. The maximum absolute atomic E-state index is 6.41. The average Bonchev–Trinajstić information content (AvgIpc) is 2.22. The van der Waals surface area contributed by atoms with Crippen LogP contribution >= 0.6 is 0 Å². The van der Waals surface area contributed by atoms with Crippen molar-refractivity contribution in [3.05, 3.63) is 24.3 Å². The van der Waals surface area contributed by atoms with Crippen molar-refractivity contribution < 1.29 is 0 Å². The Hall–Kier alpha value is -0.890. The summed E-state index contributed by atoms with van der Waals surface area (Å²) in [5, 5.41) is 9.53. The maximum Gasteiger partial charge on any atom is -0.000286 e. The van der Waals surface area contributed by atoms with Crippen LogP contribution in [0.25, 0.3) is 0 Å². The van der Waals surface area contributed by atoms with Gasteiger partial charge in [0.25, 0.3) is 0 Å². The van der Waals surface area contributed by atoms with Gasteiger partial charge in [-0.25, -0.2) is 0 Å². The highest BCUT2D eigenvalue weighted by molar-refractivity contribution is 5.54. The smallest absolute Gasteiger partial charge is 0.000286 e. The summed E-state index contributed by atoms with van der Waals surface area (Å²) in [6.45, 7) is 8.81. The number of rotatable bonds is 6. The fourth-order valence-corrected chi connectivity index (χ4v) is 0.894. The van der Waals surface area contributed by atoms with Crippen molar-refractivity contribution in [1.82, 2.24) is 5.32 Å². The van der Waals surface area contributed by atoms with Gasteiger partial charge in [-0.05, 0) is 46.0 Å². The van der Waals surface area contributed by atoms with Crippen molar-refractivity contribution in [3.8, 4) is 0 Å². The lowest BCUT2D eigenvalue weighted by molar-refractivity contribution is 0.766. The van der Waals surface area contributed by atoms with Crippen LogP contribution in [0.1, 0.15) is 33.1 Å². The Balaban J connectivity index is 0. The van der Waals surface area contributed by atoms with E-state index < -0.39 is 0 Å². The second-order valence-electron chi connectivity index (χ2n) is 2.88. The molecule has 0 aromatic rings. The third-order valence-corrected chi connectivity index (χ3v) is 1.84. The van der Waals surface area contributed by atoms with Gasteiger partial charge >= 0.3 is 0 Å². The zero-order valence-corrected chi connectivity index (χ0v) is 9.77. The Kier molecular flexibility index (Phi) is 16.3. The summed E-state index contributed by atoms with van der Waals surface area (Å²) in [4.78, 5) is 0. The fraction of sp³-hybridized carbons (Fsp3) is 0.583. The van der Waals surface area contributed by atoms with Crippen molar-refractivity contribution in [2.45, 2.75) is 33.1 Å². The summed E-state index contributed by atoms with van der Waals surface area (Å²) in [6, 6.07) is 0. The number of nitrogens with one attached hydrogen (secondary N) is 2. The van der Waals surface area contributed by atoms with Crippen molar-refractivity contribution in [2.75, 3.05) is 13.6 Å². The van der Waals surface area contributed by atoms with Crippen LogP contribution < -0.4 is 5.32 Å². The molecule has 0 aliphatic heterocycles. The molecule has 0 aliphatic carbocycles. The average molecular weight is 196 g/mol. The Labute approximate surface area is 88.6 Å². The van der Waals surface area contributed by atoms with Crippen LogP contribution in [0.4, 0.5) is 0 Å². The van der Waals surface area contributed by atoms with Gasteiger partial charge in [-0.3, -0.25) is 0 Å². The Morgan fingerprint density at radius 3 is 2.36 bits per heavy atom. The van der Waals surface area contributed by atoms with Crippen molar-refractivity contribution in [2.24, 2.45) is 0 Å². The van der Waals surface area contributed by atoms with E-state index in [0.29, 0.717) is 6.42 Å². The molecule has 2 nitrogen and oxygen atoms in total. The predicted octanol–water partition coefficient (Wildman–Crippen LogP) is 3.16. The molecular weight excluding hydrogens is 172 g/mol. The van der Waals surface area contributed by atoms with Gasteiger partial charge in [0.1, 0.15) is 0 Å². The molecule has 0 amide bonds. The fourth-order valence-electron chi connectivity index (χ4n) is 0.894. The van der Waals surface area contributed by atoms with Crippen molar-refractivity contribution in [1.29, 1.82) is 5.41 Å². The minimum atomic E-state index is 0.694. The summed E-state index contributed by atoms with van der Waals surface area (Å²) in [7, 11) is 1.99. The first-order chi connectivity index (χ1) is 6.76. The third-order valence-electron chi connectivity index (χ3n) is 1.84. The lowest BCUT2D eigenvalue weighted by Gasteiger charge is -2.00. The number of hydrogen-bond donors (Lipinski definition) is 2. The SMILES string of the molecule is C/C=C(/CC)CCNC.C=CCC=N. The topological polar surface area (TPSA) is 35.9 Å². The Morgan fingerprint density at radius 1 is 1.50 bits per heavy atom. The van der Waals surface area contributed by atoms with E-state index in [-0.39, 0.29) is 0 Å². The molecule has 2 N–H and O–H groups in total. The molecule has 14 heavy (non-hydrogen) atoms. The van der Waals surface area contributed by atoms with Gasteiger partial charge in [-0.1, -0.05) is 24.6 Å². The van der Waals surface area contributed by atoms with E-state index in [1.54, 1.807) is 11.6 Å². The quantitative estimate of drug-likeness (QED) is 0.497. The summed E-state index contributed by atoms with van der Waals surface area (Å²) in [6.07, 6.45) is 8.29. The van der Waals surface area contributed by atoms with Crippen LogP contribution in [-0.2, 0) is 0 Å². The van der Waals surface area contributed by atoms with Gasteiger partial charge in [0.15, 0.2) is 0 Å². The molecule has 0 heterocycles. The molecule has 0 atom stereocenters. The highest BCUT2D eigenvalue weighted by Crippen LogP contribution is 2.03. The number of allylic oxidation sites excluding steroid dienone is 2. The highest BCUT2D eigenvalue weighted by Gasteiger charge is 1.88. The lowest BCUT2D eigenvalue weighted by Crippen LogP contribution is -2.07. The molecule has 0 rings (SSSR count). The van der Waals surface area contributed by atoms with Crippen molar-refractivity contribution >= 4 is 6.21 Å². The second-order valence-corrected chi connectivity index (χ2v) is 2.88. The van der Waals surface area contributed by atoms with E-state index in [0.717, 1.165) is 6.54 Å². The molecule has 82 valence electrons. The molecule has 0 aromatic carbocycles. The molecule has 0 aromatic heterocycles. The Morgan fingerprint density at radius 2 is 2.14 bits per heavy atom. The minimum absolute atomic E-state index is 0.694. The standard InChI is InChI=1S/C8H17N.C4H7N/c1-4-8(5-2)6-7-9-3;1-2-3-4-5/h4,9H,5-7H2,1-3H3;2,4-5H,1,3H2/b8-4-;. The van der Waals surface area contributed by atoms with E-state index in [9.17, 15) is 0 Å². The van der Waals surface area contributed by atoms with E-state index in [2.05, 4.69) is 31.8 Å². The first-order valence-corrected chi connectivity index (χ1v) is 5.15. The van der Waals surface area contributed by atoms with Gasteiger partial charge in [-0.15, -0.1) is 6.58 Å². The van der Waals surface area contributed by atoms with Gasteiger partial charge in [0.2, 0.25) is 0 Å². The first kappa shape index (κ1) is 15.6. The monoisotopic (exact) mass is 196 g/mol. The van der Waals surface area contributed by atoms with Crippen LogP contribution in [0.5, 0.6) is 0 Å². The van der Waals surface area contributed by atoms with Crippen LogP contribution in [0.15, 0.2) is 24.3 Å². The van der Waals surface area contributed by atoms with Crippen LogP contribution in [-0.4, -0.2) is 19.8 Å². The molecule has 0 spiro atoms. The lowest BCUT2D eigenvalue weighted by atomic mass is 10.1. The molecule has 0 unspecified atom stereocenters. The largest absolute Gasteiger partial charge is 0.319 e. The Bertz CT molecular complexity index is 154. The zero-order valence-electron chi connectivity index (χ0n) is 9.77. The predicted molar refractivity (Wildman–Crippen MR) is 66.2 cm³/mol. The van der Waals surface area contributed by atoms with Crippen LogP contribution in [0.2, 0.25) is 0 Å². The second kappa shape index (κ2) is 14.6. The molecule has 0 aliphatic rings. The number of hydrogen-bond acceptors (Lipinski definition) is 2.